The van der Waals surface area contributed by atoms with E-state index in [0.717, 1.165) is 45.9 Å². The lowest BCUT2D eigenvalue weighted by atomic mass is 9.95. The molecule has 1 aliphatic heterocycles. The van der Waals surface area contributed by atoms with Gasteiger partial charge in [-0.2, -0.15) is 0 Å². The van der Waals surface area contributed by atoms with Gasteiger partial charge in [0, 0.05) is 48.2 Å². The van der Waals surface area contributed by atoms with Gasteiger partial charge in [0.15, 0.2) is 11.6 Å². The van der Waals surface area contributed by atoms with Gasteiger partial charge in [-0.25, -0.2) is 13.8 Å². The highest BCUT2D eigenvalue weighted by molar-refractivity contribution is 5.95. The molecule has 1 atom stereocenters. The van der Waals surface area contributed by atoms with E-state index in [1.807, 2.05) is 67.9 Å². The third-order valence-corrected chi connectivity index (χ3v) is 7.37. The molecule has 1 saturated heterocycles. The number of rotatable bonds is 5. The smallest absolute Gasteiger partial charge is 0.227 e. The SMILES string of the molecule is CNc1ccc(-c2c([C@@H]3CCCC(=O)N3c3ccc(F)c(F)c3)nc3cc(-c4c(C)noc4C)ccn23)cc1. The zero-order valence-electron chi connectivity index (χ0n) is 21.8. The van der Waals surface area contributed by atoms with Gasteiger partial charge in [0.1, 0.15) is 11.4 Å². The van der Waals surface area contributed by atoms with Crippen LogP contribution in [0.1, 0.15) is 42.5 Å². The normalized spacial score (nSPS) is 15.8. The van der Waals surface area contributed by atoms with E-state index in [-0.39, 0.29) is 5.91 Å². The molecule has 0 spiro atoms. The highest BCUT2D eigenvalue weighted by Gasteiger charge is 2.35. The Hall–Kier alpha value is -4.53. The van der Waals surface area contributed by atoms with Crippen LogP contribution in [0.3, 0.4) is 0 Å². The van der Waals surface area contributed by atoms with Gasteiger partial charge in [0.25, 0.3) is 0 Å². The van der Waals surface area contributed by atoms with E-state index >= 15 is 0 Å². The zero-order chi connectivity index (χ0) is 27.3. The van der Waals surface area contributed by atoms with E-state index in [1.54, 1.807) is 4.90 Å². The first-order valence-corrected chi connectivity index (χ1v) is 12.9. The molecule has 198 valence electrons. The number of anilines is 2. The van der Waals surface area contributed by atoms with E-state index in [0.29, 0.717) is 42.1 Å². The number of carbonyl (C=O) groups excluding carboxylic acids is 1. The molecule has 39 heavy (non-hydrogen) atoms. The highest BCUT2D eigenvalue weighted by Crippen LogP contribution is 2.41. The first-order valence-electron chi connectivity index (χ1n) is 12.9. The van der Waals surface area contributed by atoms with Crippen LogP contribution in [0.25, 0.3) is 28.0 Å². The third kappa shape index (κ3) is 4.24. The second-order valence-electron chi connectivity index (χ2n) is 9.79. The quantitative estimate of drug-likeness (QED) is 0.271. The van der Waals surface area contributed by atoms with Crippen LogP contribution in [-0.2, 0) is 4.79 Å². The number of piperidine rings is 1. The molecule has 0 bridgehead atoms. The third-order valence-electron chi connectivity index (χ3n) is 7.37. The Morgan fingerprint density at radius 1 is 1.00 bits per heavy atom. The predicted octanol–water partition coefficient (Wildman–Crippen LogP) is 6.85. The van der Waals surface area contributed by atoms with Crippen molar-refractivity contribution in [2.45, 2.75) is 39.2 Å². The van der Waals surface area contributed by atoms with Gasteiger partial charge < -0.3 is 14.7 Å². The molecule has 0 radical (unpaired) electrons. The molecule has 6 rings (SSSR count). The molecule has 1 aliphatic rings. The average Bonchev–Trinajstić information content (AvgIpc) is 3.48. The molecule has 9 heteroatoms. The first-order chi connectivity index (χ1) is 18.9. The number of hydrogen-bond donors (Lipinski definition) is 1. The Morgan fingerprint density at radius 2 is 1.79 bits per heavy atom. The number of hydrogen-bond acceptors (Lipinski definition) is 5. The highest BCUT2D eigenvalue weighted by atomic mass is 19.2. The van der Waals surface area contributed by atoms with Gasteiger partial charge in [-0.1, -0.05) is 17.3 Å². The summed E-state index contributed by atoms with van der Waals surface area (Å²) < 4.78 is 35.4. The van der Waals surface area contributed by atoms with E-state index < -0.39 is 17.7 Å². The molecule has 0 unspecified atom stereocenters. The number of amides is 1. The van der Waals surface area contributed by atoms with Crippen LogP contribution >= 0.6 is 0 Å². The van der Waals surface area contributed by atoms with Crippen molar-refractivity contribution in [1.82, 2.24) is 14.5 Å². The van der Waals surface area contributed by atoms with Crippen molar-refractivity contribution in [3.8, 4) is 22.4 Å². The Morgan fingerprint density at radius 3 is 2.49 bits per heavy atom. The average molecular weight is 528 g/mol. The Labute approximate surface area is 224 Å². The number of aromatic nitrogens is 3. The van der Waals surface area contributed by atoms with Gasteiger partial charge in [-0.05, 0) is 68.7 Å². The van der Waals surface area contributed by atoms with Gasteiger partial charge in [0.05, 0.1) is 23.1 Å². The second-order valence-corrected chi connectivity index (χ2v) is 9.79. The monoisotopic (exact) mass is 527 g/mol. The fraction of sp³-hybridized carbons (Fsp3) is 0.233. The molecule has 4 heterocycles. The summed E-state index contributed by atoms with van der Waals surface area (Å²) in [6.07, 6.45) is 3.58. The minimum atomic E-state index is -0.994. The van der Waals surface area contributed by atoms with Crippen LogP contribution in [0.2, 0.25) is 0 Å². The van der Waals surface area contributed by atoms with Crippen molar-refractivity contribution in [3.63, 3.8) is 0 Å². The van der Waals surface area contributed by atoms with Crippen molar-refractivity contribution in [3.05, 3.63) is 89.6 Å². The van der Waals surface area contributed by atoms with Crippen molar-refractivity contribution in [2.24, 2.45) is 0 Å². The molecule has 7 nitrogen and oxygen atoms in total. The van der Waals surface area contributed by atoms with Crippen LogP contribution in [0.4, 0.5) is 20.2 Å². The fourth-order valence-electron chi connectivity index (χ4n) is 5.52. The number of nitrogens with zero attached hydrogens (tertiary/aromatic N) is 4. The van der Waals surface area contributed by atoms with Crippen molar-refractivity contribution in [2.75, 3.05) is 17.3 Å². The molecule has 1 N–H and O–H groups in total. The minimum absolute atomic E-state index is 0.151. The Balaban J connectivity index is 1.56. The lowest BCUT2D eigenvalue weighted by Crippen LogP contribution is -2.38. The lowest BCUT2D eigenvalue weighted by molar-refractivity contribution is -0.120. The summed E-state index contributed by atoms with van der Waals surface area (Å²) in [5.41, 5.74) is 7.05. The summed E-state index contributed by atoms with van der Waals surface area (Å²) in [5, 5.41) is 7.22. The molecule has 2 aromatic carbocycles. The van der Waals surface area contributed by atoms with Gasteiger partial charge >= 0.3 is 0 Å². The lowest BCUT2D eigenvalue weighted by Gasteiger charge is -2.35. The summed E-state index contributed by atoms with van der Waals surface area (Å²) in [5.74, 6) is -1.38. The second kappa shape index (κ2) is 9.65. The predicted molar refractivity (Wildman–Crippen MR) is 146 cm³/mol. The van der Waals surface area contributed by atoms with Crippen LogP contribution < -0.4 is 10.2 Å². The molecule has 3 aromatic heterocycles. The number of benzene rings is 2. The zero-order valence-corrected chi connectivity index (χ0v) is 21.8. The molecule has 0 saturated carbocycles. The van der Waals surface area contributed by atoms with Gasteiger partial charge in [-0.15, -0.1) is 0 Å². The van der Waals surface area contributed by atoms with Crippen LogP contribution in [-0.4, -0.2) is 27.5 Å². The summed E-state index contributed by atoms with van der Waals surface area (Å²) in [4.78, 5) is 19.9. The molecular formula is C30H27F2N5O2. The maximum Gasteiger partial charge on any atom is 0.227 e. The van der Waals surface area contributed by atoms with Crippen LogP contribution in [0.15, 0.2) is 65.3 Å². The van der Waals surface area contributed by atoms with E-state index in [1.165, 1.54) is 6.07 Å². The number of halogens is 2. The maximum absolute atomic E-state index is 14.3. The molecule has 0 aliphatic carbocycles. The number of imidazole rings is 1. The number of aryl methyl sites for hydroxylation is 2. The summed E-state index contributed by atoms with van der Waals surface area (Å²) in [6.45, 7) is 3.77. The Bertz CT molecular complexity index is 1690. The molecule has 1 amide bonds. The van der Waals surface area contributed by atoms with Crippen molar-refractivity contribution >= 4 is 22.9 Å². The largest absolute Gasteiger partial charge is 0.388 e. The molecule has 1 fully saturated rings. The van der Waals surface area contributed by atoms with E-state index in [2.05, 4.69) is 10.5 Å². The van der Waals surface area contributed by atoms with E-state index in [9.17, 15) is 13.6 Å². The van der Waals surface area contributed by atoms with Crippen molar-refractivity contribution < 1.29 is 18.1 Å². The standard InChI is InChI=1S/C30H27F2N5O2/c1-17-28(18(2)39-35-17)20-13-14-36-26(15-20)34-29(30(36)19-7-9-21(33-3)10-8-19)25-5-4-6-27(38)37(25)22-11-12-23(31)24(32)16-22/h7-16,25,33H,4-6H2,1-3H3/t25-/m0/s1. The number of nitrogens with one attached hydrogen (secondary N) is 1. The molecule has 5 aromatic rings. The maximum atomic E-state index is 14.3. The number of carbonyl (C=O) groups is 1. The minimum Gasteiger partial charge on any atom is -0.388 e. The topological polar surface area (TPSA) is 75.7 Å². The summed E-state index contributed by atoms with van der Waals surface area (Å²) in [6, 6.07) is 15.1. The molecular weight excluding hydrogens is 500 g/mol. The van der Waals surface area contributed by atoms with E-state index in [4.69, 9.17) is 9.51 Å². The Kier molecular flexibility index (Phi) is 6.13. The number of pyridine rings is 1. The first kappa shape index (κ1) is 24.8. The van der Waals surface area contributed by atoms with Crippen LogP contribution in [0, 0.1) is 25.5 Å². The summed E-state index contributed by atoms with van der Waals surface area (Å²) in [7, 11) is 1.86. The number of fused-ring (bicyclic) bond motifs is 1. The summed E-state index contributed by atoms with van der Waals surface area (Å²) >= 11 is 0. The van der Waals surface area contributed by atoms with Crippen LogP contribution in [0.5, 0.6) is 0 Å². The van der Waals surface area contributed by atoms with Gasteiger partial charge in [0.2, 0.25) is 5.91 Å². The van der Waals surface area contributed by atoms with Gasteiger partial charge in [-0.3, -0.25) is 9.20 Å². The van der Waals surface area contributed by atoms with Crippen molar-refractivity contribution in [1.29, 1.82) is 0 Å². The fourth-order valence-corrected chi connectivity index (χ4v) is 5.52.